The highest BCUT2D eigenvalue weighted by Gasteiger charge is 2.24. The van der Waals surface area contributed by atoms with Gasteiger partial charge in [0.05, 0.1) is 0 Å². The van der Waals surface area contributed by atoms with Crippen LogP contribution in [0.2, 0.25) is 0 Å². The highest BCUT2D eigenvalue weighted by atomic mass is 19.1. The summed E-state index contributed by atoms with van der Waals surface area (Å²) >= 11 is 0. The van der Waals surface area contributed by atoms with E-state index in [2.05, 4.69) is 4.57 Å². The molecule has 5 heteroatoms. The molecule has 0 saturated heterocycles. The summed E-state index contributed by atoms with van der Waals surface area (Å²) in [6, 6.07) is 18.4. The summed E-state index contributed by atoms with van der Waals surface area (Å²) in [6.07, 6.45) is 0.345. The van der Waals surface area contributed by atoms with Gasteiger partial charge >= 0.3 is 0 Å². The third-order valence-corrected chi connectivity index (χ3v) is 5.66. The molecule has 0 amide bonds. The molecular formula is C27H25F2NO2. The number of aromatic nitrogens is 1. The number of phenolic OH excluding ortho intramolecular Hbond substituents is 1. The van der Waals surface area contributed by atoms with Gasteiger partial charge in [-0.05, 0) is 53.8 Å². The van der Waals surface area contributed by atoms with Crippen molar-refractivity contribution >= 4 is 16.7 Å². The average molecular weight is 433 g/mol. The van der Waals surface area contributed by atoms with E-state index in [0.29, 0.717) is 23.1 Å². The highest BCUT2D eigenvalue weighted by Crippen LogP contribution is 2.35. The van der Waals surface area contributed by atoms with Crippen molar-refractivity contribution in [2.24, 2.45) is 0 Å². The molecular weight excluding hydrogens is 408 g/mol. The molecule has 0 saturated carbocycles. The molecule has 0 aliphatic carbocycles. The SMILES string of the molecule is CC(C)c1c(C(=O)CCc2cc(F)cc(F)c2)c2cc(O)ccc2n1Cc1ccccc1. The Balaban J connectivity index is 1.77. The van der Waals surface area contributed by atoms with Gasteiger partial charge in [-0.1, -0.05) is 44.2 Å². The minimum atomic E-state index is -0.653. The number of rotatable bonds is 7. The van der Waals surface area contributed by atoms with Gasteiger partial charge in [0.25, 0.3) is 0 Å². The zero-order valence-corrected chi connectivity index (χ0v) is 18.1. The van der Waals surface area contributed by atoms with Gasteiger partial charge in [0, 0.05) is 41.2 Å². The fraction of sp³-hybridized carbons (Fsp3) is 0.222. The first-order valence-electron chi connectivity index (χ1n) is 10.7. The lowest BCUT2D eigenvalue weighted by molar-refractivity contribution is 0.0982. The van der Waals surface area contributed by atoms with Crippen molar-refractivity contribution in [3.63, 3.8) is 0 Å². The molecule has 0 aliphatic rings. The molecule has 0 spiro atoms. The monoisotopic (exact) mass is 433 g/mol. The third-order valence-electron chi connectivity index (χ3n) is 5.66. The molecule has 0 atom stereocenters. The van der Waals surface area contributed by atoms with E-state index in [4.69, 9.17) is 0 Å². The van der Waals surface area contributed by atoms with Gasteiger partial charge < -0.3 is 9.67 Å². The molecule has 4 aromatic rings. The van der Waals surface area contributed by atoms with Crippen molar-refractivity contribution in [3.8, 4) is 5.75 Å². The molecule has 4 rings (SSSR count). The third kappa shape index (κ3) is 4.42. The Bertz CT molecular complexity index is 1260. The Morgan fingerprint density at radius 1 is 0.938 bits per heavy atom. The lowest BCUT2D eigenvalue weighted by Gasteiger charge is -2.15. The zero-order chi connectivity index (χ0) is 22.8. The van der Waals surface area contributed by atoms with Crippen LogP contribution >= 0.6 is 0 Å². The van der Waals surface area contributed by atoms with E-state index in [1.807, 2.05) is 50.2 Å². The van der Waals surface area contributed by atoms with Gasteiger partial charge in [0.1, 0.15) is 17.4 Å². The molecule has 0 unspecified atom stereocenters. The second-order valence-corrected chi connectivity index (χ2v) is 8.39. The first-order chi connectivity index (χ1) is 15.3. The van der Waals surface area contributed by atoms with Crippen LogP contribution in [0.15, 0.2) is 66.7 Å². The Morgan fingerprint density at radius 3 is 2.28 bits per heavy atom. The number of aryl methyl sites for hydroxylation is 1. The van der Waals surface area contributed by atoms with Gasteiger partial charge in [0.2, 0.25) is 0 Å². The van der Waals surface area contributed by atoms with Gasteiger partial charge in [-0.15, -0.1) is 0 Å². The van der Waals surface area contributed by atoms with E-state index in [0.717, 1.165) is 22.8 Å². The van der Waals surface area contributed by atoms with E-state index < -0.39 is 11.6 Å². The van der Waals surface area contributed by atoms with Crippen molar-refractivity contribution in [2.75, 3.05) is 0 Å². The molecule has 0 fully saturated rings. The number of hydrogen-bond acceptors (Lipinski definition) is 2. The predicted octanol–water partition coefficient (Wildman–Crippen LogP) is 6.61. The van der Waals surface area contributed by atoms with Crippen molar-refractivity contribution in [1.29, 1.82) is 0 Å². The van der Waals surface area contributed by atoms with Crippen LogP contribution in [-0.4, -0.2) is 15.5 Å². The summed E-state index contributed by atoms with van der Waals surface area (Å²) in [4.78, 5) is 13.4. The normalized spacial score (nSPS) is 11.4. The van der Waals surface area contributed by atoms with Gasteiger partial charge in [-0.3, -0.25) is 4.79 Å². The van der Waals surface area contributed by atoms with E-state index in [1.165, 1.54) is 12.1 Å². The van der Waals surface area contributed by atoms with Crippen LogP contribution in [0.4, 0.5) is 8.78 Å². The number of nitrogens with zero attached hydrogens (tertiary/aromatic N) is 1. The highest BCUT2D eigenvalue weighted by molar-refractivity contribution is 6.10. The molecule has 1 aromatic heterocycles. The molecule has 3 aromatic carbocycles. The Hall–Kier alpha value is -3.47. The topological polar surface area (TPSA) is 42.2 Å². The maximum absolute atomic E-state index is 13.6. The molecule has 164 valence electrons. The fourth-order valence-corrected chi connectivity index (χ4v) is 4.33. The standard InChI is InChI=1S/C27H25F2NO2/c1-17(2)27-26(25(32)11-8-19-12-20(28)14-21(29)13-19)23-15-22(31)9-10-24(23)30(27)16-18-6-4-3-5-7-18/h3-7,9-10,12-15,17,31H,8,11,16H2,1-2H3. The lowest BCUT2D eigenvalue weighted by Crippen LogP contribution is -2.11. The lowest BCUT2D eigenvalue weighted by atomic mass is 9.96. The minimum absolute atomic E-state index is 0.0545. The van der Waals surface area contributed by atoms with E-state index >= 15 is 0 Å². The maximum atomic E-state index is 13.6. The number of ketones is 1. The van der Waals surface area contributed by atoms with Crippen LogP contribution in [0.1, 0.15) is 53.4 Å². The predicted molar refractivity (Wildman–Crippen MR) is 122 cm³/mol. The molecule has 32 heavy (non-hydrogen) atoms. The average Bonchev–Trinajstić information content (AvgIpc) is 3.05. The van der Waals surface area contributed by atoms with E-state index in [-0.39, 0.29) is 30.3 Å². The van der Waals surface area contributed by atoms with Gasteiger partial charge in [-0.25, -0.2) is 8.78 Å². The summed E-state index contributed by atoms with van der Waals surface area (Å²) in [5.41, 5.74) is 3.88. The summed E-state index contributed by atoms with van der Waals surface area (Å²) in [6.45, 7) is 4.67. The molecule has 1 heterocycles. The number of phenols is 1. The maximum Gasteiger partial charge on any atom is 0.165 e. The summed E-state index contributed by atoms with van der Waals surface area (Å²) in [5, 5.41) is 10.8. The van der Waals surface area contributed by atoms with Gasteiger partial charge in [-0.2, -0.15) is 0 Å². The summed E-state index contributed by atoms with van der Waals surface area (Å²) in [5.74, 6) is -1.27. The second-order valence-electron chi connectivity index (χ2n) is 8.39. The number of Topliss-reactive ketones (excluding diaryl/α,β-unsaturated/α-hetero) is 1. The minimum Gasteiger partial charge on any atom is -0.508 e. The number of halogens is 2. The van der Waals surface area contributed by atoms with Crippen molar-refractivity contribution in [3.05, 3.63) is 101 Å². The van der Waals surface area contributed by atoms with Crippen LogP contribution in [0.25, 0.3) is 10.9 Å². The Kier molecular flexibility index (Phi) is 6.08. The van der Waals surface area contributed by atoms with Crippen molar-refractivity contribution in [2.45, 2.75) is 39.2 Å². The first kappa shape index (κ1) is 21.8. The number of fused-ring (bicyclic) bond motifs is 1. The Morgan fingerprint density at radius 2 is 1.62 bits per heavy atom. The van der Waals surface area contributed by atoms with Gasteiger partial charge in [0.15, 0.2) is 5.78 Å². The summed E-state index contributed by atoms with van der Waals surface area (Å²) in [7, 11) is 0. The smallest absolute Gasteiger partial charge is 0.165 e. The number of aromatic hydroxyl groups is 1. The summed E-state index contributed by atoms with van der Waals surface area (Å²) < 4.78 is 29.2. The number of carbonyl (C=O) groups is 1. The number of hydrogen-bond donors (Lipinski definition) is 1. The zero-order valence-electron chi connectivity index (χ0n) is 18.1. The molecule has 0 radical (unpaired) electrons. The van der Waals surface area contributed by atoms with Crippen molar-refractivity contribution < 1.29 is 18.7 Å². The van der Waals surface area contributed by atoms with Crippen LogP contribution in [0, 0.1) is 11.6 Å². The number of benzene rings is 3. The molecule has 0 aliphatic heterocycles. The number of carbonyl (C=O) groups excluding carboxylic acids is 1. The largest absolute Gasteiger partial charge is 0.508 e. The van der Waals surface area contributed by atoms with Crippen LogP contribution in [0.3, 0.4) is 0 Å². The molecule has 3 nitrogen and oxygen atoms in total. The molecule has 0 bridgehead atoms. The second kappa shape index (κ2) is 8.95. The van der Waals surface area contributed by atoms with Crippen molar-refractivity contribution in [1.82, 2.24) is 4.57 Å². The van der Waals surface area contributed by atoms with E-state index in [9.17, 15) is 18.7 Å². The van der Waals surface area contributed by atoms with Crippen LogP contribution in [-0.2, 0) is 13.0 Å². The Labute approximate surface area is 185 Å². The quantitative estimate of drug-likeness (QED) is 0.333. The van der Waals surface area contributed by atoms with Crippen LogP contribution < -0.4 is 0 Å². The van der Waals surface area contributed by atoms with E-state index in [1.54, 1.807) is 12.1 Å². The first-order valence-corrected chi connectivity index (χ1v) is 10.7. The fourth-order valence-electron chi connectivity index (χ4n) is 4.33. The van der Waals surface area contributed by atoms with Crippen LogP contribution in [0.5, 0.6) is 5.75 Å². The molecule has 1 N–H and O–H groups in total.